The molecule has 5 rings (SSSR count). The summed E-state index contributed by atoms with van der Waals surface area (Å²) < 4.78 is 0. The largest absolute Gasteiger partial charge is 0.412 e. The second-order valence-corrected chi connectivity index (χ2v) is 8.06. The second-order valence-electron chi connectivity index (χ2n) is 8.06. The summed E-state index contributed by atoms with van der Waals surface area (Å²) in [5, 5.41) is 3.75. The molecule has 2 aromatic heterocycles. The van der Waals surface area contributed by atoms with E-state index in [9.17, 15) is 0 Å². The van der Waals surface area contributed by atoms with Gasteiger partial charge in [-0.2, -0.15) is 0 Å². The van der Waals surface area contributed by atoms with E-state index in [1.54, 1.807) is 0 Å². The van der Waals surface area contributed by atoms with E-state index in [0.29, 0.717) is 18.0 Å². The predicted octanol–water partition coefficient (Wildman–Crippen LogP) is 3.75. The van der Waals surface area contributed by atoms with Crippen molar-refractivity contribution in [3.8, 4) is 0 Å². The zero-order valence-electron chi connectivity index (χ0n) is 16.8. The number of nitrogens with zero attached hydrogens (tertiary/aromatic N) is 3. The van der Waals surface area contributed by atoms with Crippen LogP contribution in [0.15, 0.2) is 42.7 Å². The van der Waals surface area contributed by atoms with Crippen LogP contribution in [-0.2, 0) is 0 Å². The molecule has 4 heterocycles. The molecule has 0 spiro atoms. The normalized spacial score (nSPS) is 24.2. The van der Waals surface area contributed by atoms with E-state index in [4.69, 9.17) is 9.97 Å². The van der Waals surface area contributed by atoms with Crippen LogP contribution in [0.4, 0.5) is 5.69 Å². The van der Waals surface area contributed by atoms with Gasteiger partial charge in [-0.1, -0.05) is 30.3 Å². The highest BCUT2D eigenvalue weighted by Crippen LogP contribution is 2.36. The van der Waals surface area contributed by atoms with Gasteiger partial charge in [0, 0.05) is 37.3 Å². The molecular formula is C22H30ClN5O. The maximum Gasteiger partial charge on any atom is 0.132 e. The van der Waals surface area contributed by atoms with Gasteiger partial charge in [0.25, 0.3) is 0 Å². The number of nitrogens with one attached hydrogen (secondary N) is 2. The Labute approximate surface area is 177 Å². The molecule has 0 radical (unpaired) electrons. The summed E-state index contributed by atoms with van der Waals surface area (Å²) in [6.45, 7) is 4.53. The number of H-pyrrole nitrogens is 1. The Bertz CT molecular complexity index is 925. The Balaban J connectivity index is 0.00000120. The number of halogens is 1. The molecule has 156 valence electrons. The van der Waals surface area contributed by atoms with Gasteiger partial charge in [0.2, 0.25) is 0 Å². The quantitative estimate of drug-likeness (QED) is 0.681. The number of piperidine rings is 1. The van der Waals surface area contributed by atoms with Gasteiger partial charge in [-0.3, -0.25) is 0 Å². The van der Waals surface area contributed by atoms with Crippen LogP contribution in [0.1, 0.15) is 56.0 Å². The molecule has 4 N–H and O–H groups in total. The summed E-state index contributed by atoms with van der Waals surface area (Å²) in [6.07, 6.45) is 8.75. The highest BCUT2D eigenvalue weighted by atomic mass is 35.5. The molecule has 0 bridgehead atoms. The van der Waals surface area contributed by atoms with Crippen LogP contribution < -0.4 is 10.2 Å². The van der Waals surface area contributed by atoms with Crippen LogP contribution in [0.2, 0.25) is 0 Å². The standard InChI is InChI=1S/C22H27N5.ClH.H2O/c1-15-11-17(12-18(25-15)16-7-3-2-4-8-16)22-24-13-19-21(26-22)20(14-23-19)27-9-5-6-10-27;;/h2-4,7-8,13-15,17-18,23,25H,5-6,9-12H2,1H3;1H;1H2. The average molecular weight is 416 g/mol. The molecule has 0 saturated carbocycles. The minimum absolute atomic E-state index is 0. The fourth-order valence-electron chi connectivity index (χ4n) is 4.72. The molecule has 2 fully saturated rings. The number of aromatic nitrogens is 3. The van der Waals surface area contributed by atoms with E-state index in [2.05, 4.69) is 58.7 Å². The van der Waals surface area contributed by atoms with E-state index in [-0.39, 0.29) is 17.9 Å². The van der Waals surface area contributed by atoms with Gasteiger partial charge < -0.3 is 20.7 Å². The zero-order valence-corrected chi connectivity index (χ0v) is 17.6. The van der Waals surface area contributed by atoms with Gasteiger partial charge in [0.1, 0.15) is 11.3 Å². The molecular weight excluding hydrogens is 386 g/mol. The summed E-state index contributed by atoms with van der Waals surface area (Å²) in [5.74, 6) is 1.38. The van der Waals surface area contributed by atoms with Gasteiger partial charge in [-0.25, -0.2) is 9.97 Å². The third-order valence-electron chi connectivity index (χ3n) is 6.07. The molecule has 3 unspecified atom stereocenters. The highest BCUT2D eigenvalue weighted by molar-refractivity contribution is 5.88. The molecule has 1 aromatic carbocycles. The van der Waals surface area contributed by atoms with E-state index in [0.717, 1.165) is 42.8 Å². The third kappa shape index (κ3) is 4.25. The summed E-state index contributed by atoms with van der Waals surface area (Å²) >= 11 is 0. The highest BCUT2D eigenvalue weighted by Gasteiger charge is 2.30. The number of hydrogen-bond donors (Lipinski definition) is 2. The third-order valence-corrected chi connectivity index (χ3v) is 6.07. The molecule has 29 heavy (non-hydrogen) atoms. The summed E-state index contributed by atoms with van der Waals surface area (Å²) in [4.78, 5) is 15.6. The van der Waals surface area contributed by atoms with Crippen molar-refractivity contribution in [3.05, 3.63) is 54.1 Å². The van der Waals surface area contributed by atoms with E-state index in [1.807, 2.05) is 6.20 Å². The van der Waals surface area contributed by atoms with Gasteiger partial charge in [0.05, 0.1) is 17.4 Å². The Morgan fingerprint density at radius 2 is 1.83 bits per heavy atom. The summed E-state index contributed by atoms with van der Waals surface area (Å²) in [5.41, 5.74) is 4.73. The van der Waals surface area contributed by atoms with Crippen LogP contribution in [0, 0.1) is 0 Å². The van der Waals surface area contributed by atoms with Crippen molar-refractivity contribution in [2.24, 2.45) is 0 Å². The van der Waals surface area contributed by atoms with Crippen molar-refractivity contribution in [1.29, 1.82) is 0 Å². The van der Waals surface area contributed by atoms with Gasteiger partial charge in [-0.15, -0.1) is 12.4 Å². The first-order valence-electron chi connectivity index (χ1n) is 10.2. The number of hydrogen-bond acceptors (Lipinski definition) is 4. The minimum atomic E-state index is 0. The lowest BCUT2D eigenvalue weighted by atomic mass is 9.85. The first-order chi connectivity index (χ1) is 13.3. The van der Waals surface area contributed by atoms with Crippen molar-refractivity contribution in [2.45, 2.75) is 50.6 Å². The Morgan fingerprint density at radius 1 is 1.07 bits per heavy atom. The van der Waals surface area contributed by atoms with Crippen LogP contribution >= 0.6 is 12.4 Å². The molecule has 3 aromatic rings. The minimum Gasteiger partial charge on any atom is -0.412 e. The van der Waals surface area contributed by atoms with Crippen molar-refractivity contribution < 1.29 is 5.48 Å². The van der Waals surface area contributed by atoms with E-state index >= 15 is 0 Å². The van der Waals surface area contributed by atoms with Crippen molar-refractivity contribution in [1.82, 2.24) is 20.3 Å². The zero-order chi connectivity index (χ0) is 18.2. The van der Waals surface area contributed by atoms with Crippen LogP contribution in [-0.4, -0.2) is 39.6 Å². The average Bonchev–Trinajstić information content (AvgIpc) is 3.37. The van der Waals surface area contributed by atoms with E-state index < -0.39 is 0 Å². The Morgan fingerprint density at radius 3 is 2.59 bits per heavy atom. The first kappa shape index (κ1) is 21.6. The fourth-order valence-corrected chi connectivity index (χ4v) is 4.72. The van der Waals surface area contributed by atoms with Gasteiger partial charge in [-0.05, 0) is 38.2 Å². The van der Waals surface area contributed by atoms with E-state index in [1.165, 1.54) is 24.1 Å². The number of aromatic amines is 1. The molecule has 3 atom stereocenters. The number of fused-ring (bicyclic) bond motifs is 1. The topological polar surface area (TPSA) is 88.3 Å². The van der Waals surface area contributed by atoms with Crippen LogP contribution in [0.5, 0.6) is 0 Å². The maximum absolute atomic E-state index is 5.05. The second kappa shape index (κ2) is 9.11. The fraction of sp³-hybridized carbons (Fsp3) is 0.455. The summed E-state index contributed by atoms with van der Waals surface area (Å²) in [7, 11) is 0. The van der Waals surface area contributed by atoms with Crippen molar-refractivity contribution in [3.63, 3.8) is 0 Å². The lowest BCUT2D eigenvalue weighted by Crippen LogP contribution is -2.38. The number of rotatable bonds is 3. The SMILES string of the molecule is CC1CC(c2ncc3[nH]cc(N4CCCC4)c3n2)CC(c2ccccc2)N1.Cl.O. The molecule has 7 heteroatoms. The van der Waals surface area contributed by atoms with Crippen LogP contribution in [0.25, 0.3) is 11.0 Å². The maximum atomic E-state index is 5.05. The van der Waals surface area contributed by atoms with Gasteiger partial charge in [0.15, 0.2) is 0 Å². The molecule has 6 nitrogen and oxygen atoms in total. The molecule has 2 saturated heterocycles. The molecule has 0 aliphatic carbocycles. The monoisotopic (exact) mass is 415 g/mol. The summed E-state index contributed by atoms with van der Waals surface area (Å²) in [6, 6.07) is 11.6. The molecule has 2 aliphatic rings. The Hall–Kier alpha value is -2.15. The Kier molecular flexibility index (Phi) is 6.77. The van der Waals surface area contributed by atoms with Gasteiger partial charge >= 0.3 is 0 Å². The molecule has 2 aliphatic heterocycles. The first-order valence-corrected chi connectivity index (χ1v) is 10.2. The predicted molar refractivity (Wildman–Crippen MR) is 120 cm³/mol. The lowest BCUT2D eigenvalue weighted by molar-refractivity contribution is 0.300. The van der Waals surface area contributed by atoms with Crippen molar-refractivity contribution >= 4 is 29.1 Å². The number of benzene rings is 1. The lowest BCUT2D eigenvalue weighted by Gasteiger charge is -2.34. The van der Waals surface area contributed by atoms with Crippen molar-refractivity contribution in [2.75, 3.05) is 18.0 Å². The smallest absolute Gasteiger partial charge is 0.132 e. The van der Waals surface area contributed by atoms with Crippen LogP contribution in [0.3, 0.4) is 0 Å². The number of anilines is 1. The molecule has 0 amide bonds.